The monoisotopic (exact) mass is 225 g/mol. The molecule has 1 rings (SSSR count). The highest BCUT2D eigenvalue weighted by Crippen LogP contribution is 2.20. The van der Waals surface area contributed by atoms with Crippen LogP contribution in [0.15, 0.2) is 23.1 Å². The van der Waals surface area contributed by atoms with E-state index in [0.29, 0.717) is 0 Å². The first-order valence-corrected chi connectivity index (χ1v) is 5.05. The highest BCUT2D eigenvalue weighted by atomic mass is 35.5. The van der Waals surface area contributed by atoms with Crippen molar-refractivity contribution < 1.29 is 17.2 Å². The number of benzene rings is 1. The molecule has 0 aliphatic rings. The molecule has 1 aromatic carbocycles. The lowest BCUT2D eigenvalue weighted by Gasteiger charge is -2.01. The van der Waals surface area contributed by atoms with Crippen molar-refractivity contribution in [1.29, 1.82) is 0 Å². The molecule has 0 aliphatic carbocycles. The normalized spacial score (nSPS) is 12.0. The molecule has 0 aromatic heterocycles. The maximum Gasteiger partial charge on any atom is 0.341 e. The van der Waals surface area contributed by atoms with Crippen molar-refractivity contribution in [3.63, 3.8) is 0 Å². The Kier molecular flexibility index (Phi) is 2.87. The fourth-order valence-electron chi connectivity index (χ4n) is 0.690. The van der Waals surface area contributed by atoms with E-state index >= 15 is 0 Å². The minimum atomic E-state index is -4.55. The van der Waals surface area contributed by atoms with Crippen LogP contribution in [0.1, 0.15) is 0 Å². The Bertz CT molecular complexity index is 403. The molecule has 0 N–H and O–H groups in total. The van der Waals surface area contributed by atoms with Gasteiger partial charge in [0.25, 0.3) is 0 Å². The predicted molar refractivity (Wildman–Crippen MR) is 43.5 cm³/mol. The molecule has 0 heterocycles. The Hall–Kier alpha value is -0.680. The third kappa shape index (κ3) is 2.16. The van der Waals surface area contributed by atoms with Crippen molar-refractivity contribution in [3.8, 4) is 0 Å². The van der Waals surface area contributed by atoms with E-state index in [9.17, 15) is 17.2 Å². The number of rotatable bonds is 2. The van der Waals surface area contributed by atoms with Crippen LogP contribution in [0.3, 0.4) is 0 Å². The largest absolute Gasteiger partial charge is 0.341 e. The summed E-state index contributed by atoms with van der Waals surface area (Å²) in [6, 6.07) is 5.54. The van der Waals surface area contributed by atoms with E-state index in [2.05, 4.69) is 6.07 Å². The molecule has 0 atom stereocenters. The van der Waals surface area contributed by atoms with Crippen LogP contribution in [0, 0.1) is 6.07 Å². The topological polar surface area (TPSA) is 34.1 Å². The molecule has 0 aliphatic heterocycles. The predicted octanol–water partition coefficient (Wildman–Crippen LogP) is 2.14. The number of sulfone groups is 1. The number of hydrogen-bond donors (Lipinski definition) is 0. The van der Waals surface area contributed by atoms with Crippen LogP contribution in [-0.4, -0.2) is 14.2 Å². The number of halogens is 3. The fourth-order valence-corrected chi connectivity index (χ4v) is 1.66. The highest BCUT2D eigenvalue weighted by Gasteiger charge is 2.26. The Morgan fingerprint density at radius 2 is 2.00 bits per heavy atom. The first-order chi connectivity index (χ1) is 5.94. The Labute approximate surface area is 79.1 Å². The molecule has 0 fully saturated rings. The summed E-state index contributed by atoms with van der Waals surface area (Å²) in [5, 5.41) is 0.0572. The maximum atomic E-state index is 12.0. The van der Waals surface area contributed by atoms with E-state index in [1.165, 1.54) is 6.07 Å². The number of hydrogen-bond acceptors (Lipinski definition) is 2. The van der Waals surface area contributed by atoms with Gasteiger partial charge in [-0.2, -0.15) is 8.78 Å². The molecule has 0 unspecified atom stereocenters. The average Bonchev–Trinajstić information content (AvgIpc) is 2.04. The standard InChI is InChI=1S/C7H4ClF2O2S/c8-5-2-1-3-6(4-5)13(11,12)7(9)10/h2-4,7H. The van der Waals surface area contributed by atoms with E-state index in [1.807, 2.05) is 0 Å². The van der Waals surface area contributed by atoms with Crippen LogP contribution in [0.25, 0.3) is 0 Å². The van der Waals surface area contributed by atoms with Crippen molar-refractivity contribution in [2.24, 2.45) is 0 Å². The molecule has 0 saturated carbocycles. The average molecular weight is 226 g/mol. The van der Waals surface area contributed by atoms with Gasteiger partial charge in [-0.25, -0.2) is 8.42 Å². The van der Waals surface area contributed by atoms with E-state index < -0.39 is 20.5 Å². The van der Waals surface area contributed by atoms with Gasteiger partial charge in [-0.05, 0) is 24.3 Å². The van der Waals surface area contributed by atoms with Gasteiger partial charge in [0, 0.05) is 5.02 Å². The SMILES string of the molecule is O=S(=O)(c1c[c]cc(Cl)c1)C(F)F. The van der Waals surface area contributed by atoms with E-state index in [0.717, 1.165) is 12.1 Å². The van der Waals surface area contributed by atoms with Crippen molar-refractivity contribution in [1.82, 2.24) is 0 Å². The summed E-state index contributed by atoms with van der Waals surface area (Å²) in [6.45, 7) is 0. The van der Waals surface area contributed by atoms with Gasteiger partial charge in [-0.3, -0.25) is 0 Å². The van der Waals surface area contributed by atoms with Gasteiger partial charge in [0.2, 0.25) is 9.84 Å². The third-order valence-corrected chi connectivity index (χ3v) is 2.87. The van der Waals surface area contributed by atoms with Crippen molar-refractivity contribution in [3.05, 3.63) is 29.3 Å². The van der Waals surface area contributed by atoms with Crippen LogP contribution >= 0.6 is 11.6 Å². The second-order valence-electron chi connectivity index (χ2n) is 2.19. The van der Waals surface area contributed by atoms with Crippen LogP contribution < -0.4 is 0 Å². The molecule has 13 heavy (non-hydrogen) atoms. The molecule has 1 radical (unpaired) electrons. The Morgan fingerprint density at radius 1 is 1.38 bits per heavy atom. The molecule has 0 amide bonds. The van der Waals surface area contributed by atoms with Crippen LogP contribution in [0.2, 0.25) is 5.02 Å². The summed E-state index contributed by atoms with van der Waals surface area (Å²) >= 11 is 5.41. The van der Waals surface area contributed by atoms with Crippen LogP contribution in [0.5, 0.6) is 0 Å². The maximum absolute atomic E-state index is 12.0. The zero-order valence-corrected chi connectivity index (χ0v) is 7.74. The van der Waals surface area contributed by atoms with Gasteiger partial charge in [-0.15, -0.1) is 0 Å². The molecular weight excluding hydrogens is 222 g/mol. The first kappa shape index (κ1) is 10.4. The van der Waals surface area contributed by atoms with Crippen molar-refractivity contribution in [2.45, 2.75) is 10.7 Å². The first-order valence-electron chi connectivity index (χ1n) is 3.13. The van der Waals surface area contributed by atoms with E-state index in [1.54, 1.807) is 0 Å². The second kappa shape index (κ2) is 3.59. The third-order valence-electron chi connectivity index (χ3n) is 1.29. The Morgan fingerprint density at radius 3 is 2.46 bits per heavy atom. The van der Waals surface area contributed by atoms with Gasteiger partial charge in [0.15, 0.2) is 0 Å². The molecule has 0 bridgehead atoms. The smallest absolute Gasteiger partial charge is 0.218 e. The molecule has 71 valence electrons. The summed E-state index contributed by atoms with van der Waals surface area (Å²) in [5.74, 6) is -3.43. The minimum absolute atomic E-state index is 0.0572. The van der Waals surface area contributed by atoms with Crippen LogP contribution in [0.4, 0.5) is 8.78 Å². The zero-order chi connectivity index (χ0) is 10.1. The van der Waals surface area contributed by atoms with Gasteiger partial charge in [0.1, 0.15) is 0 Å². The van der Waals surface area contributed by atoms with Crippen molar-refractivity contribution in [2.75, 3.05) is 0 Å². The summed E-state index contributed by atoms with van der Waals surface area (Å²) in [5.41, 5.74) is 0. The van der Waals surface area contributed by atoms with Gasteiger partial charge in [0.05, 0.1) is 4.90 Å². The molecule has 6 heteroatoms. The number of alkyl halides is 2. The minimum Gasteiger partial charge on any atom is -0.218 e. The summed E-state index contributed by atoms with van der Waals surface area (Å²) in [4.78, 5) is -0.519. The van der Waals surface area contributed by atoms with Gasteiger partial charge < -0.3 is 0 Å². The highest BCUT2D eigenvalue weighted by molar-refractivity contribution is 7.91. The fraction of sp³-hybridized carbons (Fsp3) is 0.143. The van der Waals surface area contributed by atoms with Crippen LogP contribution in [-0.2, 0) is 9.84 Å². The molecule has 0 spiro atoms. The lowest BCUT2D eigenvalue weighted by Crippen LogP contribution is -2.11. The molecule has 0 saturated heterocycles. The molecule has 2 nitrogen and oxygen atoms in total. The Balaban J connectivity index is 3.24. The second-order valence-corrected chi connectivity index (χ2v) is 4.55. The summed E-state index contributed by atoms with van der Waals surface area (Å²) < 4.78 is 45.7. The van der Waals surface area contributed by atoms with Gasteiger partial charge >= 0.3 is 5.76 Å². The molecule has 1 aromatic rings. The lowest BCUT2D eigenvalue weighted by molar-refractivity contribution is 0.234. The summed E-state index contributed by atoms with van der Waals surface area (Å²) in [7, 11) is -4.55. The lowest BCUT2D eigenvalue weighted by atomic mass is 10.4. The van der Waals surface area contributed by atoms with Crippen molar-refractivity contribution >= 4 is 21.4 Å². The summed E-state index contributed by atoms with van der Waals surface area (Å²) in [6.07, 6.45) is 0. The van der Waals surface area contributed by atoms with E-state index in [4.69, 9.17) is 11.6 Å². The van der Waals surface area contributed by atoms with E-state index in [-0.39, 0.29) is 5.02 Å². The molecular formula is C7H4ClF2O2S. The zero-order valence-electron chi connectivity index (χ0n) is 6.17. The van der Waals surface area contributed by atoms with Gasteiger partial charge in [-0.1, -0.05) is 11.6 Å². The quantitative estimate of drug-likeness (QED) is 0.773.